The van der Waals surface area contributed by atoms with Gasteiger partial charge in [-0.1, -0.05) is 23.7 Å². The lowest BCUT2D eigenvalue weighted by atomic mass is 9.86. The topological polar surface area (TPSA) is 55.6 Å². The highest BCUT2D eigenvalue weighted by molar-refractivity contribution is 6.30. The monoisotopic (exact) mass is 358 g/mol. The van der Waals surface area contributed by atoms with Gasteiger partial charge in [-0.3, -0.25) is 4.79 Å². The second-order valence-electron chi connectivity index (χ2n) is 6.64. The summed E-state index contributed by atoms with van der Waals surface area (Å²) in [5.41, 5.74) is 13.5. The molecule has 132 valence electrons. The average Bonchev–Trinajstić information content (AvgIpc) is 2.88. The Morgan fingerprint density at radius 3 is 2.60 bits per heavy atom. The van der Waals surface area contributed by atoms with Crippen LogP contribution < -0.4 is 10.6 Å². The normalized spacial score (nSPS) is 16.0. The SMILES string of the molecule is COC(=O)Cc1c(C)c(N)c2c(c1-c1ccc(Cl)cc1)CC(C)N2C. The van der Waals surface area contributed by atoms with Crippen LogP contribution in [0.4, 0.5) is 11.4 Å². The minimum Gasteiger partial charge on any atom is -0.469 e. The van der Waals surface area contributed by atoms with Gasteiger partial charge in [-0.2, -0.15) is 0 Å². The number of ether oxygens (including phenoxy) is 1. The molecule has 0 radical (unpaired) electrons. The van der Waals surface area contributed by atoms with Crippen LogP contribution in [0.2, 0.25) is 5.02 Å². The van der Waals surface area contributed by atoms with Crippen molar-refractivity contribution < 1.29 is 9.53 Å². The van der Waals surface area contributed by atoms with Crippen LogP contribution in [-0.2, 0) is 22.4 Å². The van der Waals surface area contributed by atoms with E-state index in [4.69, 9.17) is 22.1 Å². The third kappa shape index (κ3) is 2.95. The van der Waals surface area contributed by atoms with Crippen molar-refractivity contribution in [3.8, 4) is 11.1 Å². The van der Waals surface area contributed by atoms with Gasteiger partial charge in [0.1, 0.15) is 0 Å². The fraction of sp³-hybridized carbons (Fsp3) is 0.350. The highest BCUT2D eigenvalue weighted by atomic mass is 35.5. The number of nitrogens with zero attached hydrogens (tertiary/aromatic N) is 1. The van der Waals surface area contributed by atoms with Crippen molar-refractivity contribution in [2.45, 2.75) is 32.7 Å². The molecule has 1 aliphatic rings. The number of rotatable bonds is 3. The average molecular weight is 359 g/mol. The first-order valence-corrected chi connectivity index (χ1v) is 8.72. The molecule has 1 heterocycles. The van der Waals surface area contributed by atoms with Gasteiger partial charge in [0.15, 0.2) is 0 Å². The Morgan fingerprint density at radius 2 is 2.00 bits per heavy atom. The number of esters is 1. The summed E-state index contributed by atoms with van der Waals surface area (Å²) >= 11 is 6.06. The fourth-order valence-electron chi connectivity index (χ4n) is 3.65. The molecule has 1 unspecified atom stereocenters. The second kappa shape index (κ2) is 6.60. The number of carbonyl (C=O) groups is 1. The van der Waals surface area contributed by atoms with E-state index in [-0.39, 0.29) is 12.4 Å². The van der Waals surface area contributed by atoms with E-state index in [1.54, 1.807) is 0 Å². The lowest BCUT2D eigenvalue weighted by Crippen LogP contribution is -2.24. The zero-order valence-electron chi connectivity index (χ0n) is 15.0. The zero-order chi connectivity index (χ0) is 18.3. The van der Waals surface area contributed by atoms with E-state index in [0.29, 0.717) is 11.1 Å². The highest BCUT2D eigenvalue weighted by Gasteiger charge is 2.32. The van der Waals surface area contributed by atoms with Crippen LogP contribution in [0.25, 0.3) is 11.1 Å². The van der Waals surface area contributed by atoms with Crippen LogP contribution in [0.3, 0.4) is 0 Å². The summed E-state index contributed by atoms with van der Waals surface area (Å²) in [5.74, 6) is -0.267. The van der Waals surface area contributed by atoms with Gasteiger partial charge in [-0.15, -0.1) is 0 Å². The number of hydrogen-bond acceptors (Lipinski definition) is 4. The Kier molecular flexibility index (Phi) is 4.65. The number of halogens is 1. The number of nitrogens with two attached hydrogens (primary N) is 1. The van der Waals surface area contributed by atoms with Crippen LogP contribution in [0.5, 0.6) is 0 Å². The molecular weight excluding hydrogens is 336 g/mol. The Morgan fingerprint density at radius 1 is 1.36 bits per heavy atom. The standard InChI is InChI=1S/C20H23ClN2O2/c1-11-9-16-18(13-5-7-14(21)8-6-13)15(10-17(24)25-4)12(2)19(22)20(16)23(11)3/h5-8,11H,9-10,22H2,1-4H3. The van der Waals surface area contributed by atoms with E-state index < -0.39 is 0 Å². The Balaban J connectivity index is 2.31. The maximum absolute atomic E-state index is 12.0. The van der Waals surface area contributed by atoms with E-state index in [1.165, 1.54) is 12.7 Å². The molecule has 0 bridgehead atoms. The van der Waals surface area contributed by atoms with E-state index >= 15 is 0 Å². The highest BCUT2D eigenvalue weighted by Crippen LogP contribution is 2.46. The number of carbonyl (C=O) groups excluding carboxylic acids is 1. The number of likely N-dealkylation sites (N-methyl/N-ethyl adjacent to an activating group) is 1. The molecule has 4 nitrogen and oxygen atoms in total. The molecule has 3 rings (SSSR count). The molecule has 25 heavy (non-hydrogen) atoms. The second-order valence-corrected chi connectivity index (χ2v) is 7.08. The number of nitrogen functional groups attached to an aromatic ring is 1. The molecule has 2 aromatic carbocycles. The summed E-state index contributed by atoms with van der Waals surface area (Å²) in [6.07, 6.45) is 1.10. The smallest absolute Gasteiger partial charge is 0.310 e. The maximum atomic E-state index is 12.0. The van der Waals surface area contributed by atoms with Crippen molar-refractivity contribution in [2.24, 2.45) is 0 Å². The summed E-state index contributed by atoms with van der Waals surface area (Å²) in [4.78, 5) is 14.2. The van der Waals surface area contributed by atoms with Gasteiger partial charge in [0.05, 0.1) is 24.9 Å². The first-order chi connectivity index (χ1) is 11.8. The molecule has 0 aliphatic carbocycles. The minimum atomic E-state index is -0.267. The molecule has 0 spiro atoms. The first-order valence-electron chi connectivity index (χ1n) is 8.34. The predicted octanol–water partition coefficient (Wildman–Crippen LogP) is 3.99. The molecule has 0 amide bonds. The predicted molar refractivity (Wildman–Crippen MR) is 103 cm³/mol. The van der Waals surface area contributed by atoms with Crippen molar-refractivity contribution in [2.75, 3.05) is 24.8 Å². The molecule has 2 N–H and O–H groups in total. The van der Waals surface area contributed by atoms with Crippen molar-refractivity contribution >= 4 is 28.9 Å². The van der Waals surface area contributed by atoms with Crippen molar-refractivity contribution in [1.82, 2.24) is 0 Å². The fourth-order valence-corrected chi connectivity index (χ4v) is 3.77. The van der Waals surface area contributed by atoms with Crippen LogP contribution in [0.15, 0.2) is 24.3 Å². The minimum absolute atomic E-state index is 0.204. The number of fused-ring (bicyclic) bond motifs is 1. The summed E-state index contributed by atoms with van der Waals surface area (Å²) < 4.78 is 4.91. The Hall–Kier alpha value is -2.20. The molecule has 1 aliphatic heterocycles. The van der Waals surface area contributed by atoms with Crippen LogP contribution >= 0.6 is 11.6 Å². The summed E-state index contributed by atoms with van der Waals surface area (Å²) in [6.45, 7) is 4.16. The summed E-state index contributed by atoms with van der Waals surface area (Å²) in [6, 6.07) is 8.10. The van der Waals surface area contributed by atoms with Gasteiger partial charge in [-0.25, -0.2) is 0 Å². The zero-order valence-corrected chi connectivity index (χ0v) is 15.8. The first kappa shape index (κ1) is 17.6. The lowest BCUT2D eigenvalue weighted by molar-refractivity contribution is -0.139. The van der Waals surface area contributed by atoms with Gasteiger partial charge < -0.3 is 15.4 Å². The van der Waals surface area contributed by atoms with Gasteiger partial charge in [-0.05, 0) is 60.2 Å². The quantitative estimate of drug-likeness (QED) is 0.665. The number of methoxy groups -OCH3 is 1. The van der Waals surface area contributed by atoms with Crippen molar-refractivity contribution in [3.63, 3.8) is 0 Å². The summed E-state index contributed by atoms with van der Waals surface area (Å²) in [7, 11) is 3.48. The van der Waals surface area contributed by atoms with Gasteiger partial charge in [0.2, 0.25) is 0 Å². The van der Waals surface area contributed by atoms with E-state index in [0.717, 1.165) is 40.0 Å². The number of anilines is 2. The lowest BCUT2D eigenvalue weighted by Gasteiger charge is -2.24. The Labute approximate surface area is 153 Å². The van der Waals surface area contributed by atoms with E-state index in [1.807, 2.05) is 31.2 Å². The van der Waals surface area contributed by atoms with Crippen LogP contribution in [-0.4, -0.2) is 26.2 Å². The van der Waals surface area contributed by atoms with E-state index in [9.17, 15) is 4.79 Å². The number of hydrogen-bond donors (Lipinski definition) is 1. The largest absolute Gasteiger partial charge is 0.469 e. The molecule has 2 aromatic rings. The third-order valence-electron chi connectivity index (χ3n) is 5.20. The van der Waals surface area contributed by atoms with Crippen molar-refractivity contribution in [3.05, 3.63) is 46.0 Å². The molecular formula is C20H23ClN2O2. The van der Waals surface area contributed by atoms with Gasteiger partial charge in [0.25, 0.3) is 0 Å². The van der Waals surface area contributed by atoms with Gasteiger partial charge >= 0.3 is 5.97 Å². The van der Waals surface area contributed by atoms with Crippen molar-refractivity contribution in [1.29, 1.82) is 0 Å². The van der Waals surface area contributed by atoms with Crippen LogP contribution in [0, 0.1) is 6.92 Å². The molecule has 0 saturated carbocycles. The Bertz CT molecular complexity index is 831. The summed E-state index contributed by atoms with van der Waals surface area (Å²) in [5, 5.41) is 0.688. The maximum Gasteiger partial charge on any atom is 0.310 e. The number of benzene rings is 2. The third-order valence-corrected chi connectivity index (χ3v) is 5.45. The molecule has 5 heteroatoms. The van der Waals surface area contributed by atoms with Gasteiger partial charge in [0, 0.05) is 18.1 Å². The van der Waals surface area contributed by atoms with Crippen LogP contribution in [0.1, 0.15) is 23.6 Å². The molecule has 0 fully saturated rings. The van der Waals surface area contributed by atoms with E-state index in [2.05, 4.69) is 18.9 Å². The molecule has 1 atom stereocenters. The molecule has 0 saturated heterocycles. The molecule has 0 aromatic heterocycles.